The average Bonchev–Trinajstić information content (AvgIpc) is 2.42. The second kappa shape index (κ2) is 7.30. The first-order valence-corrected chi connectivity index (χ1v) is 6.63. The Balaban J connectivity index is 2.62. The third-order valence-electron chi connectivity index (χ3n) is 3.69. The summed E-state index contributed by atoms with van der Waals surface area (Å²) in [6, 6.07) is 0. The van der Waals surface area contributed by atoms with Crippen LogP contribution in [0.3, 0.4) is 0 Å². The van der Waals surface area contributed by atoms with Crippen LogP contribution in [0.5, 0.6) is 0 Å². The quantitative estimate of drug-likeness (QED) is 0.211. The summed E-state index contributed by atoms with van der Waals surface area (Å²) < 4.78 is 5.08. The second-order valence-electron chi connectivity index (χ2n) is 4.99. The molecule has 1 amide bonds. The summed E-state index contributed by atoms with van der Waals surface area (Å²) in [7, 11) is 0. The lowest BCUT2D eigenvalue weighted by atomic mass is 9.61. The molecule has 0 spiro atoms. The molecule has 0 saturated heterocycles. The molecule has 1 fully saturated rings. The van der Waals surface area contributed by atoms with Crippen LogP contribution in [0.4, 0.5) is 0 Å². The van der Waals surface area contributed by atoms with Gasteiger partial charge in [0, 0.05) is 12.5 Å². The minimum Gasteiger partial charge on any atom is -0.396 e. The monoisotopic (exact) mass is 293 g/mol. The van der Waals surface area contributed by atoms with Crippen molar-refractivity contribution in [3.05, 3.63) is 0 Å². The highest BCUT2D eigenvalue weighted by Crippen LogP contribution is 2.41. The van der Waals surface area contributed by atoms with Gasteiger partial charge in [-0.15, -0.1) is 0 Å². The predicted octanol–water partition coefficient (Wildman–Crippen LogP) is -2.69. The molecule has 0 aromatic heterocycles. The molecule has 6 N–H and O–H groups in total. The number of aliphatic hydroxyl groups excluding tert-OH is 4. The van der Waals surface area contributed by atoms with Gasteiger partial charge < -0.3 is 35.6 Å². The molecular weight excluding hydrogens is 270 g/mol. The lowest BCUT2D eigenvalue weighted by Crippen LogP contribution is -2.82. The van der Waals surface area contributed by atoms with Crippen molar-refractivity contribution < 1.29 is 35.1 Å². The number of ether oxygens (including phenoxy) is 1. The number of amides is 1. The highest BCUT2D eigenvalue weighted by molar-refractivity contribution is 5.78. The van der Waals surface area contributed by atoms with Crippen LogP contribution in [0.1, 0.15) is 19.8 Å². The first-order valence-electron chi connectivity index (χ1n) is 6.63. The van der Waals surface area contributed by atoms with Gasteiger partial charge in [0.25, 0.3) is 0 Å². The Kier molecular flexibility index (Phi) is 6.31. The maximum Gasteiger partial charge on any atom is 0.246 e. The van der Waals surface area contributed by atoms with Crippen molar-refractivity contribution in [3.63, 3.8) is 0 Å². The van der Waals surface area contributed by atoms with Gasteiger partial charge in [0.15, 0.2) is 6.29 Å². The van der Waals surface area contributed by atoms with Crippen LogP contribution in [0.25, 0.3) is 0 Å². The smallest absolute Gasteiger partial charge is 0.246 e. The van der Waals surface area contributed by atoms with E-state index in [0.717, 1.165) is 12.8 Å². The molecule has 1 rings (SSSR count). The number of hydrogen-bond acceptors (Lipinski definition) is 7. The molecule has 0 heterocycles. The van der Waals surface area contributed by atoms with Crippen molar-refractivity contribution in [2.24, 2.45) is 5.92 Å². The number of carbonyl (C=O) groups excluding carboxylic acids is 1. The van der Waals surface area contributed by atoms with Gasteiger partial charge in [-0.25, -0.2) is 0 Å². The molecule has 1 saturated carbocycles. The van der Waals surface area contributed by atoms with E-state index < -0.39 is 42.5 Å². The Morgan fingerprint density at radius 3 is 2.55 bits per heavy atom. The zero-order valence-electron chi connectivity index (χ0n) is 11.4. The maximum atomic E-state index is 11.7. The highest BCUT2D eigenvalue weighted by atomic mass is 16.5. The van der Waals surface area contributed by atoms with E-state index in [1.54, 1.807) is 0 Å². The van der Waals surface area contributed by atoms with E-state index >= 15 is 0 Å². The van der Waals surface area contributed by atoms with E-state index in [-0.39, 0.29) is 6.61 Å². The van der Waals surface area contributed by atoms with Gasteiger partial charge in [0.1, 0.15) is 18.2 Å². The largest absolute Gasteiger partial charge is 0.396 e. The van der Waals surface area contributed by atoms with Crippen molar-refractivity contribution in [3.8, 4) is 0 Å². The van der Waals surface area contributed by atoms with E-state index in [4.69, 9.17) is 9.84 Å². The summed E-state index contributed by atoms with van der Waals surface area (Å²) in [5.74, 6) is -1.71. The molecule has 0 bridgehead atoms. The Morgan fingerprint density at radius 1 is 1.40 bits per heavy atom. The number of hydrogen-bond donors (Lipinski definition) is 6. The molecule has 8 heteroatoms. The Morgan fingerprint density at radius 2 is 2.05 bits per heavy atom. The van der Waals surface area contributed by atoms with Crippen LogP contribution in [-0.2, 0) is 9.53 Å². The predicted molar refractivity (Wildman–Crippen MR) is 67.4 cm³/mol. The number of aliphatic hydroxyl groups is 5. The van der Waals surface area contributed by atoms with Gasteiger partial charge in [0.05, 0.1) is 12.7 Å². The van der Waals surface area contributed by atoms with Gasteiger partial charge in [0.2, 0.25) is 5.91 Å². The highest BCUT2D eigenvalue weighted by Gasteiger charge is 2.65. The van der Waals surface area contributed by atoms with Gasteiger partial charge in [-0.1, -0.05) is 13.3 Å². The van der Waals surface area contributed by atoms with Crippen molar-refractivity contribution in [2.45, 2.75) is 43.8 Å². The second-order valence-corrected chi connectivity index (χ2v) is 4.99. The molecule has 20 heavy (non-hydrogen) atoms. The number of carbonyl (C=O) groups is 1. The molecule has 118 valence electrons. The molecule has 1 aliphatic rings. The standard InChI is InChI=1S/C12H23NO7/c1-2-3-4-20-6-8(15)13-12(11(18)19)7(5-14)9(16)10(12)17/h7,9-11,14,16-19H,2-6H2,1H3,(H,13,15)/t7?,9-,10?,12?/m1/s1. The Bertz CT molecular complexity index is 325. The van der Waals surface area contributed by atoms with Crippen molar-refractivity contribution in [1.29, 1.82) is 0 Å². The van der Waals surface area contributed by atoms with Crippen LogP contribution >= 0.6 is 0 Å². The van der Waals surface area contributed by atoms with E-state index in [2.05, 4.69) is 5.32 Å². The number of rotatable bonds is 8. The van der Waals surface area contributed by atoms with E-state index in [1.807, 2.05) is 6.92 Å². The Hall–Kier alpha value is -0.770. The van der Waals surface area contributed by atoms with Gasteiger partial charge in [-0.2, -0.15) is 0 Å². The van der Waals surface area contributed by atoms with Crippen molar-refractivity contribution in [1.82, 2.24) is 5.32 Å². The minimum atomic E-state index is -2.11. The van der Waals surface area contributed by atoms with Gasteiger partial charge in [-0.05, 0) is 6.42 Å². The molecule has 1 aliphatic carbocycles. The molecule has 0 aliphatic heterocycles. The maximum absolute atomic E-state index is 11.7. The molecule has 8 nitrogen and oxygen atoms in total. The topological polar surface area (TPSA) is 139 Å². The summed E-state index contributed by atoms with van der Waals surface area (Å²) in [5.41, 5.74) is -1.88. The SMILES string of the molecule is CCCCOCC(=O)NC1(C(O)O)C(O)[C@H](O)C1CO. The van der Waals surface area contributed by atoms with Gasteiger partial charge >= 0.3 is 0 Å². The van der Waals surface area contributed by atoms with Crippen LogP contribution in [0.15, 0.2) is 0 Å². The van der Waals surface area contributed by atoms with Crippen molar-refractivity contribution >= 4 is 5.91 Å². The summed E-state index contributed by atoms with van der Waals surface area (Å²) >= 11 is 0. The summed E-state index contributed by atoms with van der Waals surface area (Å²) in [5, 5.41) is 49.4. The molecular formula is C12H23NO7. The molecule has 0 aromatic rings. The normalized spacial score (nSPS) is 33.0. The van der Waals surface area contributed by atoms with Crippen LogP contribution in [0, 0.1) is 5.92 Å². The van der Waals surface area contributed by atoms with Crippen LogP contribution < -0.4 is 5.32 Å². The van der Waals surface area contributed by atoms with Crippen LogP contribution in [0.2, 0.25) is 0 Å². The lowest BCUT2D eigenvalue weighted by Gasteiger charge is -2.56. The molecule has 3 unspecified atom stereocenters. The fourth-order valence-corrected chi connectivity index (χ4v) is 2.41. The van der Waals surface area contributed by atoms with E-state index in [1.165, 1.54) is 0 Å². The summed E-state index contributed by atoms with van der Waals surface area (Å²) in [4.78, 5) is 11.7. The third kappa shape index (κ3) is 3.11. The zero-order valence-corrected chi connectivity index (χ0v) is 11.4. The zero-order chi connectivity index (χ0) is 15.3. The van der Waals surface area contributed by atoms with Crippen LogP contribution in [-0.4, -0.2) is 75.3 Å². The fraction of sp³-hybridized carbons (Fsp3) is 0.917. The number of unbranched alkanes of at least 4 members (excludes halogenated alkanes) is 1. The molecule has 4 atom stereocenters. The average molecular weight is 293 g/mol. The third-order valence-corrected chi connectivity index (χ3v) is 3.69. The first-order chi connectivity index (χ1) is 9.41. The van der Waals surface area contributed by atoms with E-state index in [0.29, 0.717) is 6.61 Å². The summed E-state index contributed by atoms with van der Waals surface area (Å²) in [6.45, 7) is 1.47. The molecule has 0 aromatic carbocycles. The first kappa shape index (κ1) is 17.3. The Labute approximate surface area is 117 Å². The van der Waals surface area contributed by atoms with Crippen molar-refractivity contribution in [2.75, 3.05) is 19.8 Å². The number of nitrogens with one attached hydrogen (secondary N) is 1. The fourth-order valence-electron chi connectivity index (χ4n) is 2.41. The molecule has 0 radical (unpaired) electrons. The summed E-state index contributed by atoms with van der Waals surface area (Å²) in [6.07, 6.45) is -3.31. The lowest BCUT2D eigenvalue weighted by molar-refractivity contribution is -0.269. The van der Waals surface area contributed by atoms with E-state index in [9.17, 15) is 25.2 Å². The minimum absolute atomic E-state index is 0.296. The van der Waals surface area contributed by atoms with Gasteiger partial charge in [-0.3, -0.25) is 4.79 Å².